The van der Waals surface area contributed by atoms with E-state index < -0.39 is 0 Å². The van der Waals surface area contributed by atoms with E-state index in [2.05, 4.69) is 20.2 Å². The Balaban J connectivity index is 1.07. The van der Waals surface area contributed by atoms with Crippen LogP contribution in [0, 0.1) is 16.0 Å². The molecular formula is C27H34N6O5. The Bertz CT molecular complexity index is 1260. The van der Waals surface area contributed by atoms with Gasteiger partial charge in [-0.05, 0) is 56.2 Å². The third-order valence-corrected chi connectivity index (χ3v) is 7.41. The molecular weight excluding hydrogens is 488 g/mol. The lowest BCUT2D eigenvalue weighted by Gasteiger charge is -2.32. The number of nitro benzene ring substituents is 1. The first-order valence-electron chi connectivity index (χ1n) is 13.2. The molecule has 0 amide bonds. The van der Waals surface area contributed by atoms with Crippen LogP contribution in [-0.2, 0) is 23.1 Å². The fourth-order valence-corrected chi connectivity index (χ4v) is 5.19. The Labute approximate surface area is 221 Å². The summed E-state index contributed by atoms with van der Waals surface area (Å²) in [7, 11) is 1.96. The Hall–Kier alpha value is -3.41. The third kappa shape index (κ3) is 6.17. The number of anilines is 1. The maximum Gasteiger partial charge on any atom is 0.270 e. The highest BCUT2D eigenvalue weighted by molar-refractivity contribution is 5.96. The predicted molar refractivity (Wildman–Crippen MR) is 142 cm³/mol. The summed E-state index contributed by atoms with van der Waals surface area (Å²) in [6, 6.07) is 5.00. The number of rotatable bonds is 10. The quantitative estimate of drug-likeness (QED) is 0.241. The summed E-state index contributed by atoms with van der Waals surface area (Å²) in [5, 5.41) is 15.6. The van der Waals surface area contributed by atoms with E-state index in [0.717, 1.165) is 68.2 Å². The largest absolute Gasteiger partial charge is 0.353 e. The molecule has 1 N–H and O–H groups in total. The summed E-state index contributed by atoms with van der Waals surface area (Å²) in [4.78, 5) is 34.3. The zero-order valence-electron chi connectivity index (χ0n) is 21.7. The van der Waals surface area contributed by atoms with Gasteiger partial charge in [0.25, 0.3) is 5.69 Å². The molecule has 0 spiro atoms. The summed E-state index contributed by atoms with van der Waals surface area (Å²) in [5.74, 6) is 1.02. The number of ether oxygens (including phenoxy) is 2. The number of aromatic nitrogens is 3. The molecule has 2 aliphatic rings. The van der Waals surface area contributed by atoms with Gasteiger partial charge in [0.2, 0.25) is 5.95 Å². The van der Waals surface area contributed by atoms with Gasteiger partial charge < -0.3 is 24.3 Å². The highest BCUT2D eigenvalue weighted by atomic mass is 16.7. The molecule has 0 saturated carbocycles. The highest BCUT2D eigenvalue weighted by Crippen LogP contribution is 2.26. The third-order valence-electron chi connectivity index (χ3n) is 7.41. The fourth-order valence-electron chi connectivity index (χ4n) is 5.19. The maximum absolute atomic E-state index is 12.4. The lowest BCUT2D eigenvalue weighted by atomic mass is 9.97. The van der Waals surface area contributed by atoms with Crippen LogP contribution in [0.5, 0.6) is 0 Å². The molecule has 2 saturated heterocycles. The first kappa shape index (κ1) is 26.2. The van der Waals surface area contributed by atoms with Gasteiger partial charge in [-0.1, -0.05) is 0 Å². The van der Waals surface area contributed by atoms with Gasteiger partial charge in [0.15, 0.2) is 12.1 Å². The number of non-ortho nitro benzene ring substituents is 1. The van der Waals surface area contributed by atoms with Crippen molar-refractivity contribution < 1.29 is 19.2 Å². The molecule has 0 bridgehead atoms. The molecule has 38 heavy (non-hydrogen) atoms. The number of nitrogens with one attached hydrogen (secondary N) is 1. The van der Waals surface area contributed by atoms with Crippen LogP contribution in [-0.4, -0.2) is 64.4 Å². The van der Waals surface area contributed by atoms with E-state index in [1.165, 1.54) is 0 Å². The predicted octanol–water partition coefficient (Wildman–Crippen LogP) is 3.61. The molecule has 11 heteroatoms. The number of hydrogen-bond acceptors (Lipinski definition) is 9. The van der Waals surface area contributed by atoms with Gasteiger partial charge in [-0.15, -0.1) is 0 Å². The van der Waals surface area contributed by atoms with Crippen molar-refractivity contribution >= 4 is 28.3 Å². The number of fused-ring (bicyclic) bond motifs is 1. The van der Waals surface area contributed by atoms with Crippen molar-refractivity contribution in [1.82, 2.24) is 19.9 Å². The summed E-state index contributed by atoms with van der Waals surface area (Å²) in [6.45, 7) is 3.89. The van der Waals surface area contributed by atoms with Crippen LogP contribution in [0.25, 0.3) is 10.9 Å². The Morgan fingerprint density at radius 2 is 2.00 bits per heavy atom. The number of Topliss-reactive ketones (excluding diaryl/α,β-unsaturated/α-hetero) is 1. The molecule has 2 aromatic heterocycles. The number of piperidine rings is 1. The summed E-state index contributed by atoms with van der Waals surface area (Å²) >= 11 is 0. The van der Waals surface area contributed by atoms with Crippen molar-refractivity contribution in [2.45, 2.75) is 44.9 Å². The van der Waals surface area contributed by atoms with Gasteiger partial charge >= 0.3 is 0 Å². The summed E-state index contributed by atoms with van der Waals surface area (Å²) in [6.07, 6.45) is 9.83. The highest BCUT2D eigenvalue weighted by Gasteiger charge is 2.22. The van der Waals surface area contributed by atoms with Crippen molar-refractivity contribution in [2.75, 3.05) is 37.7 Å². The van der Waals surface area contributed by atoms with Crippen molar-refractivity contribution in [3.05, 3.63) is 58.0 Å². The minimum absolute atomic E-state index is 0.0264. The number of nitrogens with zero attached hydrogens (tertiary/aromatic N) is 5. The van der Waals surface area contributed by atoms with Gasteiger partial charge in [0.1, 0.15) is 6.61 Å². The lowest BCUT2D eigenvalue weighted by molar-refractivity contribution is -0.384. The van der Waals surface area contributed by atoms with E-state index in [-0.39, 0.29) is 29.3 Å². The average Bonchev–Trinajstić information content (AvgIpc) is 3.27. The lowest BCUT2D eigenvalue weighted by Crippen LogP contribution is -2.38. The zero-order valence-corrected chi connectivity index (χ0v) is 21.7. The van der Waals surface area contributed by atoms with E-state index in [9.17, 15) is 14.9 Å². The number of benzene rings is 1. The molecule has 5 rings (SSSR count). The first-order chi connectivity index (χ1) is 18.5. The van der Waals surface area contributed by atoms with Crippen LogP contribution in [0.3, 0.4) is 0 Å². The topological polar surface area (TPSA) is 125 Å². The van der Waals surface area contributed by atoms with E-state index in [1.807, 2.05) is 17.8 Å². The second-order valence-electron chi connectivity index (χ2n) is 10.1. The number of carbonyl (C=O) groups excluding carboxylic acids is 1. The Morgan fingerprint density at radius 1 is 1.21 bits per heavy atom. The van der Waals surface area contributed by atoms with Crippen LogP contribution in [0.1, 0.15) is 48.0 Å². The molecule has 2 aliphatic heterocycles. The van der Waals surface area contributed by atoms with Crippen LogP contribution in [0.2, 0.25) is 0 Å². The first-order valence-corrected chi connectivity index (χ1v) is 13.2. The van der Waals surface area contributed by atoms with Crippen LogP contribution in [0.4, 0.5) is 11.6 Å². The molecule has 1 atom stereocenters. The molecule has 11 nitrogen and oxygen atoms in total. The van der Waals surface area contributed by atoms with E-state index >= 15 is 0 Å². The van der Waals surface area contributed by atoms with Gasteiger partial charge in [-0.2, -0.15) is 0 Å². The molecule has 2 fully saturated rings. The Kier molecular flexibility index (Phi) is 8.26. The van der Waals surface area contributed by atoms with E-state index in [1.54, 1.807) is 30.6 Å². The second kappa shape index (κ2) is 12.0. The van der Waals surface area contributed by atoms with E-state index in [0.29, 0.717) is 30.6 Å². The Morgan fingerprint density at radius 3 is 2.71 bits per heavy atom. The molecule has 1 aromatic carbocycles. The molecule has 202 valence electrons. The van der Waals surface area contributed by atoms with Crippen molar-refractivity contribution in [3.8, 4) is 0 Å². The number of carbonyl (C=O) groups is 1. The maximum atomic E-state index is 12.4. The van der Waals surface area contributed by atoms with Crippen LogP contribution >= 0.6 is 0 Å². The normalized spacial score (nSPS) is 18.7. The van der Waals surface area contributed by atoms with Crippen molar-refractivity contribution in [1.29, 1.82) is 0 Å². The van der Waals surface area contributed by atoms with E-state index in [4.69, 9.17) is 9.47 Å². The van der Waals surface area contributed by atoms with Crippen molar-refractivity contribution in [3.63, 3.8) is 0 Å². The van der Waals surface area contributed by atoms with Gasteiger partial charge in [0, 0.05) is 74.9 Å². The average molecular weight is 523 g/mol. The smallest absolute Gasteiger partial charge is 0.270 e. The molecule has 0 radical (unpaired) electrons. The van der Waals surface area contributed by atoms with Gasteiger partial charge in [-0.25, -0.2) is 9.97 Å². The second-order valence-corrected chi connectivity index (χ2v) is 10.1. The minimum atomic E-state index is -0.353. The minimum Gasteiger partial charge on any atom is -0.353 e. The van der Waals surface area contributed by atoms with Crippen molar-refractivity contribution in [2.24, 2.45) is 13.0 Å². The standard InChI is InChI=1S/C27H34N6O5/c1-31-17-21(23-12-22(33(35)36)5-6-24(23)31)14-28-13-19-7-9-32(10-8-19)27-29-15-20(16-30-27)25(34)18-38-26-4-2-3-11-37-26/h5-6,12,15-17,19,26,28H,2-4,7-11,13-14,18H2,1H3. The monoisotopic (exact) mass is 522 g/mol. The van der Waals surface area contributed by atoms with Gasteiger partial charge in [0.05, 0.1) is 10.5 Å². The summed E-state index contributed by atoms with van der Waals surface area (Å²) < 4.78 is 13.1. The molecule has 4 heterocycles. The SMILES string of the molecule is Cn1cc(CNCC2CCN(c3ncc(C(=O)COC4CCCCO4)cn3)CC2)c2cc([N+](=O)[O-])ccc21. The number of aryl methyl sites for hydroxylation is 1. The fraction of sp³-hybridized carbons (Fsp3) is 0.519. The molecule has 3 aromatic rings. The number of nitro groups is 1. The zero-order chi connectivity index (χ0) is 26.5. The molecule has 0 aliphatic carbocycles. The number of ketones is 1. The molecule has 1 unspecified atom stereocenters. The number of hydrogen-bond donors (Lipinski definition) is 1. The van der Waals surface area contributed by atoms with Gasteiger partial charge in [-0.3, -0.25) is 14.9 Å². The van der Waals surface area contributed by atoms with Crippen LogP contribution in [0.15, 0.2) is 36.8 Å². The summed E-state index contributed by atoms with van der Waals surface area (Å²) in [5.41, 5.74) is 2.60. The van der Waals surface area contributed by atoms with Crippen LogP contribution < -0.4 is 10.2 Å².